The minimum atomic E-state index is -0.309. The Morgan fingerprint density at radius 3 is 2.76 bits per heavy atom. The van der Waals surface area contributed by atoms with Crippen LogP contribution in [0.2, 0.25) is 0 Å². The fourth-order valence-corrected chi connectivity index (χ4v) is 3.22. The van der Waals surface area contributed by atoms with Gasteiger partial charge in [0.25, 0.3) is 0 Å². The zero-order valence-electron chi connectivity index (χ0n) is 12.0. The number of fused-ring (bicyclic) bond motifs is 1. The summed E-state index contributed by atoms with van der Waals surface area (Å²) in [7, 11) is 0. The van der Waals surface area contributed by atoms with E-state index in [9.17, 15) is 4.79 Å². The minimum Gasteiger partial charge on any atom is -0.397 e. The first-order valence-electron chi connectivity index (χ1n) is 7.35. The maximum atomic E-state index is 11.5. The van der Waals surface area contributed by atoms with Gasteiger partial charge < -0.3 is 16.4 Å². The SMILES string of the molecule is NC(=O)CN(c1ccc(N)c2ncccc12)C1CCCC1. The first kappa shape index (κ1) is 13.7. The predicted molar refractivity (Wildman–Crippen MR) is 85.0 cm³/mol. The fraction of sp³-hybridized carbons (Fsp3) is 0.375. The lowest BCUT2D eigenvalue weighted by Crippen LogP contribution is -2.40. The van der Waals surface area contributed by atoms with Crippen LogP contribution in [0.4, 0.5) is 11.4 Å². The number of nitrogen functional groups attached to an aromatic ring is 1. The number of aromatic nitrogens is 1. The molecule has 1 saturated carbocycles. The van der Waals surface area contributed by atoms with Crippen LogP contribution < -0.4 is 16.4 Å². The monoisotopic (exact) mass is 284 g/mol. The lowest BCUT2D eigenvalue weighted by Gasteiger charge is -2.31. The Hall–Kier alpha value is -2.30. The van der Waals surface area contributed by atoms with Crippen molar-refractivity contribution in [1.82, 2.24) is 4.98 Å². The topological polar surface area (TPSA) is 85.2 Å². The molecular formula is C16H20N4O. The van der Waals surface area contributed by atoms with Crippen molar-refractivity contribution < 1.29 is 4.79 Å². The van der Waals surface area contributed by atoms with E-state index >= 15 is 0 Å². The molecule has 0 atom stereocenters. The third-order valence-corrected chi connectivity index (χ3v) is 4.18. The molecule has 0 bridgehead atoms. The zero-order chi connectivity index (χ0) is 14.8. The predicted octanol–water partition coefficient (Wildman–Crippen LogP) is 2.05. The average molecular weight is 284 g/mol. The molecule has 0 unspecified atom stereocenters. The van der Waals surface area contributed by atoms with Crippen LogP contribution in [-0.2, 0) is 4.79 Å². The lowest BCUT2D eigenvalue weighted by molar-refractivity contribution is -0.116. The van der Waals surface area contributed by atoms with Gasteiger partial charge in [-0.3, -0.25) is 9.78 Å². The maximum absolute atomic E-state index is 11.5. The van der Waals surface area contributed by atoms with Gasteiger partial charge in [0.15, 0.2) is 0 Å². The molecule has 1 fully saturated rings. The highest BCUT2D eigenvalue weighted by atomic mass is 16.1. The molecule has 5 nitrogen and oxygen atoms in total. The van der Waals surface area contributed by atoms with Gasteiger partial charge in [-0.2, -0.15) is 0 Å². The van der Waals surface area contributed by atoms with Gasteiger partial charge in [-0.05, 0) is 37.1 Å². The summed E-state index contributed by atoms with van der Waals surface area (Å²) in [4.78, 5) is 18.0. The van der Waals surface area contributed by atoms with E-state index in [0.717, 1.165) is 29.4 Å². The third-order valence-electron chi connectivity index (χ3n) is 4.18. The number of carbonyl (C=O) groups is 1. The van der Waals surface area contributed by atoms with E-state index < -0.39 is 0 Å². The summed E-state index contributed by atoms with van der Waals surface area (Å²) in [6.07, 6.45) is 6.32. The van der Waals surface area contributed by atoms with Crippen molar-refractivity contribution in [2.24, 2.45) is 5.73 Å². The van der Waals surface area contributed by atoms with Gasteiger partial charge >= 0.3 is 0 Å². The van der Waals surface area contributed by atoms with E-state index in [0.29, 0.717) is 11.7 Å². The first-order valence-corrected chi connectivity index (χ1v) is 7.35. The van der Waals surface area contributed by atoms with Crippen LogP contribution >= 0.6 is 0 Å². The molecule has 5 heteroatoms. The van der Waals surface area contributed by atoms with E-state index in [1.165, 1.54) is 12.8 Å². The number of primary amides is 1. The Bertz CT molecular complexity index is 664. The molecule has 1 aliphatic rings. The van der Waals surface area contributed by atoms with Crippen molar-refractivity contribution in [3.05, 3.63) is 30.5 Å². The number of anilines is 2. The number of hydrogen-bond donors (Lipinski definition) is 2. The number of rotatable bonds is 4. The van der Waals surface area contributed by atoms with E-state index in [2.05, 4.69) is 9.88 Å². The number of hydrogen-bond acceptors (Lipinski definition) is 4. The number of nitrogens with two attached hydrogens (primary N) is 2. The highest BCUT2D eigenvalue weighted by Crippen LogP contribution is 2.34. The molecule has 0 aliphatic heterocycles. The number of benzene rings is 1. The Labute approximate surface area is 123 Å². The van der Waals surface area contributed by atoms with E-state index in [4.69, 9.17) is 11.5 Å². The molecule has 2 aromatic rings. The van der Waals surface area contributed by atoms with Gasteiger partial charge in [0.2, 0.25) is 5.91 Å². The number of carbonyl (C=O) groups excluding carboxylic acids is 1. The van der Waals surface area contributed by atoms with Gasteiger partial charge in [-0.1, -0.05) is 12.8 Å². The molecule has 110 valence electrons. The molecule has 21 heavy (non-hydrogen) atoms. The zero-order valence-corrected chi connectivity index (χ0v) is 12.0. The smallest absolute Gasteiger partial charge is 0.236 e. The summed E-state index contributed by atoms with van der Waals surface area (Å²) in [5.41, 5.74) is 13.9. The Morgan fingerprint density at radius 2 is 2.05 bits per heavy atom. The minimum absolute atomic E-state index is 0.235. The van der Waals surface area contributed by atoms with Crippen molar-refractivity contribution in [2.75, 3.05) is 17.2 Å². The Kier molecular flexibility index (Phi) is 3.64. The van der Waals surface area contributed by atoms with Crippen molar-refractivity contribution in [2.45, 2.75) is 31.7 Å². The van der Waals surface area contributed by atoms with Gasteiger partial charge in [-0.15, -0.1) is 0 Å². The van der Waals surface area contributed by atoms with Crippen LogP contribution in [0.5, 0.6) is 0 Å². The molecule has 1 aromatic heterocycles. The molecule has 0 saturated heterocycles. The third kappa shape index (κ3) is 2.63. The van der Waals surface area contributed by atoms with Gasteiger partial charge in [0.05, 0.1) is 17.7 Å². The first-order chi connectivity index (χ1) is 10.2. The number of amides is 1. The normalized spacial score (nSPS) is 15.4. The van der Waals surface area contributed by atoms with Crippen molar-refractivity contribution in [3.63, 3.8) is 0 Å². The summed E-state index contributed by atoms with van der Waals surface area (Å²) in [5.74, 6) is -0.309. The molecule has 0 radical (unpaired) electrons. The number of pyridine rings is 1. The van der Waals surface area contributed by atoms with Gasteiger partial charge in [0.1, 0.15) is 0 Å². The van der Waals surface area contributed by atoms with Crippen molar-refractivity contribution in [1.29, 1.82) is 0 Å². The highest BCUT2D eigenvalue weighted by Gasteiger charge is 2.25. The molecular weight excluding hydrogens is 264 g/mol. The van der Waals surface area contributed by atoms with Crippen LogP contribution in [0, 0.1) is 0 Å². The Balaban J connectivity index is 2.10. The van der Waals surface area contributed by atoms with Crippen LogP contribution in [0.3, 0.4) is 0 Å². The average Bonchev–Trinajstić information content (AvgIpc) is 3.00. The van der Waals surface area contributed by atoms with Crippen molar-refractivity contribution >= 4 is 28.2 Å². The molecule has 1 aromatic carbocycles. The molecule has 4 N–H and O–H groups in total. The maximum Gasteiger partial charge on any atom is 0.236 e. The summed E-state index contributed by atoms with van der Waals surface area (Å²) >= 11 is 0. The van der Waals surface area contributed by atoms with Gasteiger partial charge in [-0.25, -0.2) is 0 Å². The molecule has 1 aliphatic carbocycles. The fourth-order valence-electron chi connectivity index (χ4n) is 3.22. The van der Waals surface area contributed by atoms with E-state index in [1.807, 2.05) is 24.3 Å². The second-order valence-corrected chi connectivity index (χ2v) is 5.61. The van der Waals surface area contributed by atoms with Gasteiger partial charge in [0, 0.05) is 23.3 Å². The van der Waals surface area contributed by atoms with Crippen LogP contribution in [-0.4, -0.2) is 23.5 Å². The van der Waals surface area contributed by atoms with E-state index in [1.54, 1.807) is 6.20 Å². The van der Waals surface area contributed by atoms with Crippen LogP contribution in [0.15, 0.2) is 30.5 Å². The van der Waals surface area contributed by atoms with Crippen LogP contribution in [0.25, 0.3) is 10.9 Å². The summed E-state index contributed by atoms with van der Waals surface area (Å²) in [6, 6.07) is 8.08. The quantitative estimate of drug-likeness (QED) is 0.841. The lowest BCUT2D eigenvalue weighted by atomic mass is 10.1. The molecule has 3 rings (SSSR count). The summed E-state index contributed by atoms with van der Waals surface area (Å²) in [5, 5.41) is 0.977. The molecule has 1 heterocycles. The second-order valence-electron chi connectivity index (χ2n) is 5.61. The number of nitrogens with zero attached hydrogens (tertiary/aromatic N) is 2. The summed E-state index contributed by atoms with van der Waals surface area (Å²) < 4.78 is 0. The van der Waals surface area contributed by atoms with Crippen molar-refractivity contribution in [3.8, 4) is 0 Å². The highest BCUT2D eigenvalue weighted by molar-refractivity contribution is 5.99. The van der Waals surface area contributed by atoms with E-state index in [-0.39, 0.29) is 12.5 Å². The standard InChI is InChI=1S/C16H20N4O/c17-13-7-8-14(12-6-3-9-19-16(12)13)20(10-15(18)21)11-4-1-2-5-11/h3,6-9,11H,1-2,4-5,10,17H2,(H2,18,21). The molecule has 1 amide bonds. The Morgan fingerprint density at radius 1 is 1.29 bits per heavy atom. The second kappa shape index (κ2) is 5.60. The molecule has 0 spiro atoms. The van der Waals surface area contributed by atoms with Crippen LogP contribution in [0.1, 0.15) is 25.7 Å². The largest absolute Gasteiger partial charge is 0.397 e. The summed E-state index contributed by atoms with van der Waals surface area (Å²) in [6.45, 7) is 0.235.